The number of carboxylic acids is 1. The van der Waals surface area contributed by atoms with Crippen molar-refractivity contribution in [3.05, 3.63) is 35.9 Å². The second-order valence-electron chi connectivity index (χ2n) is 11.5. The number of hydrogen-bond donors (Lipinski definition) is 4. The minimum Gasteiger partial charge on any atom is -0.481 e. The summed E-state index contributed by atoms with van der Waals surface area (Å²) in [6.07, 6.45) is -1.81. The van der Waals surface area contributed by atoms with Crippen molar-refractivity contribution in [3.63, 3.8) is 0 Å². The van der Waals surface area contributed by atoms with Crippen LogP contribution in [0.25, 0.3) is 0 Å². The molecule has 0 aliphatic carbocycles. The molecule has 0 unspecified atom stereocenters. The van der Waals surface area contributed by atoms with Crippen LogP contribution in [0.4, 0.5) is 0 Å². The fourth-order valence-corrected chi connectivity index (χ4v) is 5.18. The number of benzene rings is 1. The highest BCUT2D eigenvalue weighted by molar-refractivity contribution is 8.00. The maximum atomic E-state index is 13.6. The van der Waals surface area contributed by atoms with Crippen LogP contribution in [-0.2, 0) is 25.6 Å². The third kappa shape index (κ3) is 7.70. The molecule has 0 saturated carbocycles. The maximum Gasteiger partial charge on any atom is 0.309 e. The van der Waals surface area contributed by atoms with Crippen molar-refractivity contribution in [2.75, 3.05) is 5.88 Å². The Morgan fingerprint density at radius 3 is 2.22 bits per heavy atom. The molecule has 36 heavy (non-hydrogen) atoms. The molecule has 1 aromatic carbocycles. The number of carbonyl (C=O) groups excluding carboxylic acids is 3. The molecule has 0 bridgehead atoms. The average molecular weight is 522 g/mol. The zero-order chi connectivity index (χ0) is 27.5. The molecule has 0 spiro atoms. The molecular formula is C26H39N3O6S. The Labute approximate surface area is 217 Å². The standard InChI is InChI=1S/C26H39N3O6S/c1-24(2,3)28-21(32)20-26(6,7)36-15-29(20)22(33)19(31)17(13-16-11-9-8-10-12-16)27-18(30)14-25(4,5)23(34)35/h8-12,17,19-20,31H,13-15H2,1-7H3,(H,27,30)(H,28,32)(H,34,35)/t17-,19-,20+/m0/s1. The molecule has 0 aromatic heterocycles. The summed E-state index contributed by atoms with van der Waals surface area (Å²) < 4.78 is -0.589. The number of aliphatic hydroxyl groups excluding tert-OH is 1. The van der Waals surface area contributed by atoms with E-state index >= 15 is 0 Å². The second kappa shape index (κ2) is 11.2. The molecule has 0 radical (unpaired) electrons. The lowest BCUT2D eigenvalue weighted by molar-refractivity contribution is -0.151. The zero-order valence-electron chi connectivity index (χ0n) is 22.1. The van der Waals surface area contributed by atoms with Crippen molar-refractivity contribution >= 4 is 35.5 Å². The molecule has 1 aromatic rings. The van der Waals surface area contributed by atoms with E-state index in [2.05, 4.69) is 10.6 Å². The van der Waals surface area contributed by atoms with Crippen LogP contribution in [0.2, 0.25) is 0 Å². The fraction of sp³-hybridized carbons (Fsp3) is 0.615. The van der Waals surface area contributed by atoms with Crippen molar-refractivity contribution in [1.82, 2.24) is 15.5 Å². The number of nitrogens with one attached hydrogen (secondary N) is 2. The lowest BCUT2D eigenvalue weighted by atomic mass is 9.89. The monoisotopic (exact) mass is 521 g/mol. The second-order valence-corrected chi connectivity index (χ2v) is 13.1. The van der Waals surface area contributed by atoms with Gasteiger partial charge in [-0.25, -0.2) is 0 Å². The Morgan fingerprint density at radius 2 is 1.69 bits per heavy atom. The first-order valence-corrected chi connectivity index (χ1v) is 12.9. The summed E-state index contributed by atoms with van der Waals surface area (Å²) in [5, 5.41) is 26.2. The van der Waals surface area contributed by atoms with Gasteiger partial charge in [-0.3, -0.25) is 19.2 Å². The summed E-state index contributed by atoms with van der Waals surface area (Å²) in [6.45, 7) is 12.2. The first-order chi connectivity index (χ1) is 16.4. The van der Waals surface area contributed by atoms with E-state index in [9.17, 15) is 29.4 Å². The van der Waals surface area contributed by atoms with Crippen LogP contribution in [0.1, 0.15) is 60.5 Å². The Bertz CT molecular complexity index is 974. The normalized spacial score (nSPS) is 19.3. The van der Waals surface area contributed by atoms with E-state index in [-0.39, 0.29) is 24.6 Å². The van der Waals surface area contributed by atoms with Gasteiger partial charge in [0.05, 0.1) is 17.3 Å². The number of carbonyl (C=O) groups is 4. The van der Waals surface area contributed by atoms with Crippen LogP contribution in [0.5, 0.6) is 0 Å². The Kier molecular flexibility index (Phi) is 9.23. The van der Waals surface area contributed by atoms with Gasteiger partial charge in [0.1, 0.15) is 6.04 Å². The molecular weight excluding hydrogens is 482 g/mol. The topological polar surface area (TPSA) is 136 Å². The highest BCUT2D eigenvalue weighted by Gasteiger charge is 2.50. The van der Waals surface area contributed by atoms with Gasteiger partial charge in [0.25, 0.3) is 5.91 Å². The van der Waals surface area contributed by atoms with E-state index in [0.717, 1.165) is 5.56 Å². The molecule has 1 aliphatic rings. The quantitative estimate of drug-likeness (QED) is 0.391. The van der Waals surface area contributed by atoms with Crippen molar-refractivity contribution in [2.45, 2.75) is 89.8 Å². The Balaban J connectivity index is 2.31. The van der Waals surface area contributed by atoms with Gasteiger partial charge in [-0.1, -0.05) is 30.3 Å². The summed E-state index contributed by atoms with van der Waals surface area (Å²) in [5.41, 5.74) is -1.04. The number of aliphatic hydroxyl groups is 1. The smallest absolute Gasteiger partial charge is 0.309 e. The Morgan fingerprint density at radius 1 is 1.11 bits per heavy atom. The number of thioether (sulfide) groups is 1. The largest absolute Gasteiger partial charge is 0.481 e. The minimum atomic E-state index is -1.64. The van der Waals surface area contributed by atoms with Crippen LogP contribution in [0.15, 0.2) is 30.3 Å². The average Bonchev–Trinajstić information content (AvgIpc) is 3.06. The van der Waals surface area contributed by atoms with Crippen LogP contribution < -0.4 is 10.6 Å². The molecule has 4 N–H and O–H groups in total. The number of rotatable bonds is 9. The number of nitrogens with zero attached hydrogens (tertiary/aromatic N) is 1. The third-order valence-electron chi connectivity index (χ3n) is 6.04. The van der Waals surface area contributed by atoms with E-state index in [4.69, 9.17) is 0 Å². The summed E-state index contributed by atoms with van der Waals surface area (Å²) in [6, 6.07) is 7.23. The molecule has 1 fully saturated rings. The van der Waals surface area contributed by atoms with Gasteiger partial charge in [0.2, 0.25) is 11.8 Å². The summed E-state index contributed by atoms with van der Waals surface area (Å²) >= 11 is 1.44. The van der Waals surface area contributed by atoms with Gasteiger partial charge < -0.3 is 25.7 Å². The predicted octanol–water partition coefficient (Wildman–Crippen LogP) is 2.17. The fourth-order valence-electron chi connectivity index (χ4n) is 4.04. The zero-order valence-corrected chi connectivity index (χ0v) is 22.9. The lowest BCUT2D eigenvalue weighted by Crippen LogP contribution is -2.60. The van der Waals surface area contributed by atoms with Crippen molar-refractivity contribution in [3.8, 4) is 0 Å². The SMILES string of the molecule is CC(C)(C)NC(=O)[C@H]1N(C(=O)[C@@H](O)[C@H](Cc2ccccc2)NC(=O)CC(C)(C)C(=O)O)CSC1(C)C. The molecule has 1 heterocycles. The van der Waals surface area contributed by atoms with Crippen LogP contribution >= 0.6 is 11.8 Å². The van der Waals surface area contributed by atoms with Gasteiger partial charge in [-0.05, 0) is 60.5 Å². The van der Waals surface area contributed by atoms with Crippen molar-refractivity contribution in [2.24, 2.45) is 5.41 Å². The van der Waals surface area contributed by atoms with E-state index in [1.165, 1.54) is 30.5 Å². The maximum absolute atomic E-state index is 13.6. The molecule has 3 atom stereocenters. The molecule has 10 heteroatoms. The summed E-state index contributed by atoms with van der Waals surface area (Å²) in [7, 11) is 0. The van der Waals surface area contributed by atoms with Crippen LogP contribution in [-0.4, -0.2) is 73.2 Å². The van der Waals surface area contributed by atoms with E-state index in [0.29, 0.717) is 0 Å². The molecule has 1 aliphatic heterocycles. The number of amides is 3. The van der Waals surface area contributed by atoms with E-state index < -0.39 is 51.7 Å². The van der Waals surface area contributed by atoms with E-state index in [1.807, 2.05) is 65.0 Å². The third-order valence-corrected chi connectivity index (χ3v) is 7.41. The van der Waals surface area contributed by atoms with E-state index in [1.54, 1.807) is 0 Å². The molecule has 9 nitrogen and oxygen atoms in total. The van der Waals surface area contributed by atoms with Gasteiger partial charge in [-0.2, -0.15) is 0 Å². The molecule has 1 saturated heterocycles. The highest BCUT2D eigenvalue weighted by atomic mass is 32.2. The highest BCUT2D eigenvalue weighted by Crippen LogP contribution is 2.40. The van der Waals surface area contributed by atoms with Crippen molar-refractivity contribution in [1.29, 1.82) is 0 Å². The first-order valence-electron chi connectivity index (χ1n) is 12.0. The Hall–Kier alpha value is -2.59. The van der Waals surface area contributed by atoms with Gasteiger partial charge >= 0.3 is 5.97 Å². The van der Waals surface area contributed by atoms with Gasteiger partial charge in [-0.15, -0.1) is 11.8 Å². The van der Waals surface area contributed by atoms with Crippen molar-refractivity contribution < 1.29 is 29.4 Å². The first kappa shape index (κ1) is 29.6. The molecule has 3 amide bonds. The summed E-state index contributed by atoms with van der Waals surface area (Å²) in [5.74, 6) is -2.49. The van der Waals surface area contributed by atoms with Crippen LogP contribution in [0, 0.1) is 5.41 Å². The molecule has 200 valence electrons. The van der Waals surface area contributed by atoms with Gasteiger partial charge in [0.15, 0.2) is 6.10 Å². The van der Waals surface area contributed by atoms with Gasteiger partial charge in [0, 0.05) is 16.7 Å². The number of hydrogen-bond acceptors (Lipinski definition) is 6. The number of aliphatic carboxylic acids is 1. The molecule has 2 rings (SSSR count). The lowest BCUT2D eigenvalue weighted by Gasteiger charge is -2.35. The predicted molar refractivity (Wildman–Crippen MR) is 139 cm³/mol. The van der Waals surface area contributed by atoms with Crippen LogP contribution in [0.3, 0.4) is 0 Å². The number of carboxylic acid groups (broad SMARTS) is 1. The minimum absolute atomic E-state index is 0.149. The summed E-state index contributed by atoms with van der Waals surface area (Å²) in [4.78, 5) is 52.3.